The van der Waals surface area contributed by atoms with Crippen molar-refractivity contribution in [1.82, 2.24) is 5.32 Å². The van der Waals surface area contributed by atoms with Gasteiger partial charge in [0.05, 0.1) is 18.1 Å². The first kappa shape index (κ1) is 18.0. The number of nitrogens with one attached hydrogen (secondary N) is 1. The standard InChI is InChI=1S/C16H27NO3S/c1-5-10-20-15-8-6-14(7-9-15)16(17-4)12-21(18,19)11-13(2)3/h6-9,13,16-17H,5,10-12H2,1-4H3. The van der Waals surface area contributed by atoms with Gasteiger partial charge in [-0.05, 0) is 37.1 Å². The van der Waals surface area contributed by atoms with Gasteiger partial charge in [0.2, 0.25) is 0 Å². The van der Waals surface area contributed by atoms with Gasteiger partial charge in [-0.2, -0.15) is 0 Å². The predicted octanol–water partition coefficient (Wildman–Crippen LogP) is 2.81. The van der Waals surface area contributed by atoms with Gasteiger partial charge in [-0.25, -0.2) is 8.42 Å². The highest BCUT2D eigenvalue weighted by Crippen LogP contribution is 2.20. The predicted molar refractivity (Wildman–Crippen MR) is 87.5 cm³/mol. The van der Waals surface area contributed by atoms with Crippen LogP contribution in [0.3, 0.4) is 0 Å². The fraction of sp³-hybridized carbons (Fsp3) is 0.625. The van der Waals surface area contributed by atoms with E-state index in [0.29, 0.717) is 6.61 Å². The second kappa shape index (κ2) is 8.39. The van der Waals surface area contributed by atoms with Crippen LogP contribution in [0.15, 0.2) is 24.3 Å². The molecule has 0 aromatic heterocycles. The van der Waals surface area contributed by atoms with Crippen molar-refractivity contribution < 1.29 is 13.2 Å². The van der Waals surface area contributed by atoms with E-state index in [1.165, 1.54) is 0 Å². The summed E-state index contributed by atoms with van der Waals surface area (Å²) in [6, 6.07) is 7.46. The van der Waals surface area contributed by atoms with E-state index in [-0.39, 0.29) is 23.5 Å². The van der Waals surface area contributed by atoms with Gasteiger partial charge < -0.3 is 10.1 Å². The van der Waals surface area contributed by atoms with E-state index < -0.39 is 9.84 Å². The molecule has 120 valence electrons. The molecule has 21 heavy (non-hydrogen) atoms. The largest absolute Gasteiger partial charge is 0.494 e. The lowest BCUT2D eigenvalue weighted by Crippen LogP contribution is -2.27. The van der Waals surface area contributed by atoms with Crippen molar-refractivity contribution in [2.24, 2.45) is 5.92 Å². The van der Waals surface area contributed by atoms with Crippen molar-refractivity contribution in [3.05, 3.63) is 29.8 Å². The molecule has 1 rings (SSSR count). The molecule has 0 aliphatic rings. The van der Waals surface area contributed by atoms with E-state index in [1.54, 1.807) is 7.05 Å². The molecule has 0 amide bonds. The third-order valence-electron chi connectivity index (χ3n) is 3.11. The van der Waals surface area contributed by atoms with E-state index in [9.17, 15) is 8.42 Å². The summed E-state index contributed by atoms with van der Waals surface area (Å²) in [5, 5.41) is 3.09. The van der Waals surface area contributed by atoms with Crippen molar-refractivity contribution in [3.63, 3.8) is 0 Å². The number of sulfone groups is 1. The Morgan fingerprint density at radius 3 is 2.24 bits per heavy atom. The minimum Gasteiger partial charge on any atom is -0.494 e. The average molecular weight is 313 g/mol. The number of hydrogen-bond donors (Lipinski definition) is 1. The molecule has 1 unspecified atom stereocenters. The highest BCUT2D eigenvalue weighted by molar-refractivity contribution is 7.91. The molecule has 1 aromatic carbocycles. The van der Waals surface area contributed by atoms with Crippen molar-refractivity contribution in [3.8, 4) is 5.75 Å². The first-order valence-corrected chi connectivity index (χ1v) is 9.30. The molecule has 0 saturated heterocycles. The quantitative estimate of drug-likeness (QED) is 0.761. The van der Waals surface area contributed by atoms with E-state index in [2.05, 4.69) is 12.2 Å². The molecule has 1 atom stereocenters. The van der Waals surface area contributed by atoms with Crippen molar-refractivity contribution in [1.29, 1.82) is 0 Å². The summed E-state index contributed by atoms with van der Waals surface area (Å²) in [7, 11) is -1.27. The van der Waals surface area contributed by atoms with Gasteiger partial charge in [0.25, 0.3) is 0 Å². The second-order valence-electron chi connectivity index (χ2n) is 5.73. The summed E-state index contributed by atoms with van der Waals surface area (Å²) in [6.45, 7) is 6.60. The van der Waals surface area contributed by atoms with Gasteiger partial charge in [0, 0.05) is 6.04 Å². The maximum atomic E-state index is 12.1. The van der Waals surface area contributed by atoms with Crippen molar-refractivity contribution >= 4 is 9.84 Å². The van der Waals surface area contributed by atoms with Crippen LogP contribution in [0.4, 0.5) is 0 Å². The van der Waals surface area contributed by atoms with Gasteiger partial charge in [0.15, 0.2) is 9.84 Å². The average Bonchev–Trinajstić information content (AvgIpc) is 2.42. The molecule has 0 fully saturated rings. The lowest BCUT2D eigenvalue weighted by atomic mass is 10.1. The SMILES string of the molecule is CCCOc1ccc(C(CS(=O)(=O)CC(C)C)NC)cc1. The zero-order chi connectivity index (χ0) is 15.9. The first-order chi connectivity index (χ1) is 9.88. The normalized spacial score (nSPS) is 13.4. The highest BCUT2D eigenvalue weighted by Gasteiger charge is 2.20. The van der Waals surface area contributed by atoms with Gasteiger partial charge >= 0.3 is 0 Å². The smallest absolute Gasteiger partial charge is 0.152 e. The minimum absolute atomic E-state index is 0.122. The number of benzene rings is 1. The van der Waals surface area contributed by atoms with E-state index >= 15 is 0 Å². The van der Waals surface area contributed by atoms with Crippen LogP contribution < -0.4 is 10.1 Å². The zero-order valence-corrected chi connectivity index (χ0v) is 14.2. The van der Waals surface area contributed by atoms with Crippen LogP contribution in [0.5, 0.6) is 5.75 Å². The van der Waals surface area contributed by atoms with Crippen molar-refractivity contribution in [2.75, 3.05) is 25.2 Å². The summed E-state index contributed by atoms with van der Waals surface area (Å²) < 4.78 is 29.8. The molecular weight excluding hydrogens is 286 g/mol. The monoisotopic (exact) mass is 313 g/mol. The zero-order valence-electron chi connectivity index (χ0n) is 13.4. The summed E-state index contributed by atoms with van der Waals surface area (Å²) in [5.41, 5.74) is 0.966. The van der Waals surface area contributed by atoms with E-state index in [1.807, 2.05) is 38.1 Å². The van der Waals surface area contributed by atoms with Crippen molar-refractivity contribution in [2.45, 2.75) is 33.2 Å². The third kappa shape index (κ3) is 6.48. The molecule has 0 saturated carbocycles. The number of rotatable bonds is 9. The topological polar surface area (TPSA) is 55.4 Å². The molecule has 4 nitrogen and oxygen atoms in total. The summed E-state index contributed by atoms with van der Waals surface area (Å²) in [4.78, 5) is 0. The Morgan fingerprint density at radius 2 is 1.76 bits per heavy atom. The summed E-state index contributed by atoms with van der Waals surface area (Å²) in [6.07, 6.45) is 0.967. The molecule has 1 aromatic rings. The minimum atomic E-state index is -3.06. The molecule has 5 heteroatoms. The van der Waals surface area contributed by atoms with Crippen LogP contribution >= 0.6 is 0 Å². The van der Waals surface area contributed by atoms with E-state index in [0.717, 1.165) is 17.7 Å². The fourth-order valence-corrected chi connectivity index (χ4v) is 4.21. The molecule has 0 heterocycles. The Bertz CT molecular complexity index is 509. The molecule has 0 spiro atoms. The number of ether oxygens (including phenoxy) is 1. The van der Waals surface area contributed by atoms with Crippen LogP contribution in [0.25, 0.3) is 0 Å². The fourth-order valence-electron chi connectivity index (χ4n) is 2.19. The molecule has 0 radical (unpaired) electrons. The molecular formula is C16H27NO3S. The summed E-state index contributed by atoms with van der Waals surface area (Å²) in [5.74, 6) is 1.32. The Balaban J connectivity index is 2.76. The lowest BCUT2D eigenvalue weighted by Gasteiger charge is -2.18. The number of hydrogen-bond acceptors (Lipinski definition) is 4. The Kier molecular flexibility index (Phi) is 7.18. The van der Waals surface area contributed by atoms with Crippen LogP contribution in [0, 0.1) is 5.92 Å². The van der Waals surface area contributed by atoms with Crippen LogP contribution in [0.2, 0.25) is 0 Å². The van der Waals surface area contributed by atoms with Gasteiger partial charge in [0.1, 0.15) is 5.75 Å². The summed E-state index contributed by atoms with van der Waals surface area (Å²) >= 11 is 0. The van der Waals surface area contributed by atoms with Crippen LogP contribution in [0.1, 0.15) is 38.8 Å². The molecule has 0 aliphatic carbocycles. The lowest BCUT2D eigenvalue weighted by molar-refractivity contribution is 0.317. The van der Waals surface area contributed by atoms with E-state index in [4.69, 9.17) is 4.74 Å². The van der Waals surface area contributed by atoms with Crippen LogP contribution in [-0.2, 0) is 9.84 Å². The Labute approximate surface area is 128 Å². The van der Waals surface area contributed by atoms with Gasteiger partial charge in [-0.3, -0.25) is 0 Å². The molecule has 1 N–H and O–H groups in total. The van der Waals surface area contributed by atoms with Crippen LogP contribution in [-0.4, -0.2) is 33.6 Å². The molecule has 0 aliphatic heterocycles. The third-order valence-corrected chi connectivity index (χ3v) is 5.13. The second-order valence-corrected chi connectivity index (χ2v) is 7.88. The Morgan fingerprint density at radius 1 is 1.14 bits per heavy atom. The van der Waals surface area contributed by atoms with Gasteiger partial charge in [-0.1, -0.05) is 32.9 Å². The maximum Gasteiger partial charge on any atom is 0.152 e. The highest BCUT2D eigenvalue weighted by atomic mass is 32.2. The first-order valence-electron chi connectivity index (χ1n) is 7.48. The maximum absolute atomic E-state index is 12.1. The molecule has 0 bridgehead atoms. The van der Waals surface area contributed by atoms with Gasteiger partial charge in [-0.15, -0.1) is 0 Å². The Hall–Kier alpha value is -1.07.